The summed E-state index contributed by atoms with van der Waals surface area (Å²) < 4.78 is 27.8. The van der Waals surface area contributed by atoms with Crippen molar-refractivity contribution in [1.82, 2.24) is 5.32 Å². The van der Waals surface area contributed by atoms with Gasteiger partial charge in [0.1, 0.15) is 18.8 Å². The molecule has 11 nitrogen and oxygen atoms in total. The van der Waals surface area contributed by atoms with Gasteiger partial charge in [0, 0.05) is 27.2 Å². The highest BCUT2D eigenvalue weighted by molar-refractivity contribution is 5.77. The Bertz CT molecular complexity index is 1080. The minimum Gasteiger partial charge on any atom is -0.463 e. The van der Waals surface area contributed by atoms with Gasteiger partial charge in [0.25, 0.3) is 0 Å². The van der Waals surface area contributed by atoms with Crippen LogP contribution in [0.2, 0.25) is 0 Å². The first-order valence-electron chi connectivity index (χ1n) is 16.8. The third-order valence-electron chi connectivity index (χ3n) is 7.73. The van der Waals surface area contributed by atoms with Gasteiger partial charge < -0.3 is 29.0 Å². The number of rotatable bonds is 21. The molecule has 1 amide bonds. The fraction of sp³-hybridized carbons (Fsp3) is 0.686. The Kier molecular flexibility index (Phi) is 18.6. The highest BCUT2D eigenvalue weighted by Gasteiger charge is 2.52. The van der Waals surface area contributed by atoms with E-state index in [1.54, 1.807) is 24.3 Å². The van der Waals surface area contributed by atoms with Crippen molar-refractivity contribution in [3.05, 3.63) is 35.9 Å². The number of hydrogen-bond acceptors (Lipinski definition) is 10. The van der Waals surface area contributed by atoms with Gasteiger partial charge in [-0.25, -0.2) is 0 Å². The molecule has 2 rings (SSSR count). The van der Waals surface area contributed by atoms with E-state index in [-0.39, 0.29) is 25.4 Å². The molecule has 0 aliphatic carbocycles. The van der Waals surface area contributed by atoms with Crippen LogP contribution in [0.3, 0.4) is 0 Å². The van der Waals surface area contributed by atoms with Crippen molar-refractivity contribution in [3.8, 4) is 0 Å². The lowest BCUT2D eigenvalue weighted by molar-refractivity contribution is -0.271. The Balaban J connectivity index is 2.06. The number of benzene rings is 1. The molecule has 1 saturated heterocycles. The first-order valence-corrected chi connectivity index (χ1v) is 16.8. The Morgan fingerprint density at radius 3 is 1.78 bits per heavy atom. The van der Waals surface area contributed by atoms with Crippen LogP contribution < -0.4 is 5.32 Å². The van der Waals surface area contributed by atoms with E-state index < -0.39 is 54.5 Å². The first-order chi connectivity index (χ1) is 22.1. The lowest BCUT2D eigenvalue weighted by atomic mass is 9.95. The highest BCUT2D eigenvalue weighted by atomic mass is 16.7. The van der Waals surface area contributed by atoms with Gasteiger partial charge in [-0.1, -0.05) is 108 Å². The molecular weight excluding hydrogens is 594 g/mol. The molecule has 1 aromatic rings. The Morgan fingerprint density at radius 2 is 1.24 bits per heavy atom. The standard InChI is InChI=1S/C35H53NO10/c1-5-6-7-8-9-10-11-12-13-14-15-19-22-30(40)36-32-34(44-27(4)39)33(43-26(3)38)29(24-42-25(2)37)45-35(32)46-31(41)23-28-20-17-16-18-21-28/h16-18,20-21,29,32-35H,5-15,19,22-24H2,1-4H3,(H,36,40)/t29-,32-,33-,34-,35-/m1/s1. The zero-order chi connectivity index (χ0) is 33.7. The van der Waals surface area contributed by atoms with Crippen LogP contribution in [0.4, 0.5) is 0 Å². The minimum absolute atomic E-state index is 0.0829. The minimum atomic E-state index is -1.43. The number of ether oxygens (including phenoxy) is 5. The SMILES string of the molecule is CCCCCCCCCCCCCCC(=O)N[C@H]1[C@@H](OC(=O)Cc2ccccc2)O[C@H](COC(C)=O)[C@@H](OC(C)=O)[C@@H]1OC(C)=O. The molecule has 1 aliphatic rings. The number of nitrogens with one attached hydrogen (secondary N) is 1. The fourth-order valence-electron chi connectivity index (χ4n) is 5.47. The van der Waals surface area contributed by atoms with E-state index in [4.69, 9.17) is 23.7 Å². The van der Waals surface area contributed by atoms with E-state index in [0.29, 0.717) is 12.0 Å². The molecule has 0 unspecified atom stereocenters. The largest absolute Gasteiger partial charge is 0.463 e. The third-order valence-corrected chi connectivity index (χ3v) is 7.73. The quantitative estimate of drug-likeness (QED) is 0.103. The van der Waals surface area contributed by atoms with Crippen molar-refractivity contribution in [2.45, 2.75) is 148 Å². The van der Waals surface area contributed by atoms with E-state index in [1.807, 2.05) is 6.07 Å². The second-order valence-corrected chi connectivity index (χ2v) is 11.9. The Morgan fingerprint density at radius 1 is 0.696 bits per heavy atom. The molecule has 46 heavy (non-hydrogen) atoms. The molecule has 0 saturated carbocycles. The first kappa shape index (κ1) is 38.7. The van der Waals surface area contributed by atoms with E-state index in [0.717, 1.165) is 19.3 Å². The van der Waals surface area contributed by atoms with E-state index in [9.17, 15) is 24.0 Å². The summed E-state index contributed by atoms with van der Waals surface area (Å²) in [6, 6.07) is 7.71. The molecule has 0 radical (unpaired) electrons. The van der Waals surface area contributed by atoms with Crippen molar-refractivity contribution in [3.63, 3.8) is 0 Å². The van der Waals surface area contributed by atoms with Gasteiger partial charge in [-0.05, 0) is 12.0 Å². The zero-order valence-corrected chi connectivity index (χ0v) is 28.0. The molecule has 1 aliphatic heterocycles. The fourth-order valence-corrected chi connectivity index (χ4v) is 5.47. The van der Waals surface area contributed by atoms with Gasteiger partial charge in [0.05, 0.1) is 6.42 Å². The van der Waals surface area contributed by atoms with Gasteiger partial charge in [-0.3, -0.25) is 24.0 Å². The van der Waals surface area contributed by atoms with Gasteiger partial charge in [0.15, 0.2) is 12.2 Å². The number of unbranched alkanes of at least 4 members (excludes halogenated alkanes) is 11. The summed E-state index contributed by atoms with van der Waals surface area (Å²) in [6.07, 6.45) is 8.84. The maximum atomic E-state index is 13.1. The Labute approximate surface area is 273 Å². The molecule has 0 bridgehead atoms. The van der Waals surface area contributed by atoms with Crippen molar-refractivity contribution in [1.29, 1.82) is 0 Å². The monoisotopic (exact) mass is 647 g/mol. The van der Waals surface area contributed by atoms with E-state index >= 15 is 0 Å². The van der Waals surface area contributed by atoms with Crippen LogP contribution >= 0.6 is 0 Å². The van der Waals surface area contributed by atoms with Crippen LogP contribution in [-0.2, 0) is 54.1 Å². The van der Waals surface area contributed by atoms with E-state index in [1.165, 1.54) is 72.1 Å². The lowest BCUT2D eigenvalue weighted by Crippen LogP contribution is -2.67. The van der Waals surface area contributed by atoms with E-state index in [2.05, 4.69) is 12.2 Å². The predicted molar refractivity (Wildman–Crippen MR) is 170 cm³/mol. The molecule has 1 heterocycles. The summed E-state index contributed by atoms with van der Waals surface area (Å²) in [7, 11) is 0. The van der Waals surface area contributed by atoms with Crippen LogP contribution in [-0.4, -0.2) is 67.0 Å². The average molecular weight is 648 g/mol. The molecule has 11 heteroatoms. The maximum Gasteiger partial charge on any atom is 0.312 e. The number of carbonyl (C=O) groups is 5. The molecule has 1 fully saturated rings. The van der Waals surface area contributed by atoms with Crippen LogP contribution in [0.1, 0.15) is 117 Å². The van der Waals surface area contributed by atoms with Crippen molar-refractivity contribution >= 4 is 29.8 Å². The predicted octanol–water partition coefficient (Wildman–Crippen LogP) is 5.50. The number of hydrogen-bond donors (Lipinski definition) is 1. The van der Waals surface area contributed by atoms with Crippen LogP contribution in [0, 0.1) is 0 Å². The van der Waals surface area contributed by atoms with Crippen LogP contribution in [0.15, 0.2) is 30.3 Å². The maximum absolute atomic E-state index is 13.1. The number of amides is 1. The second-order valence-electron chi connectivity index (χ2n) is 11.9. The summed E-state index contributed by atoms with van der Waals surface area (Å²) in [4.78, 5) is 62.0. The molecular formula is C35H53NO10. The topological polar surface area (TPSA) is 144 Å². The average Bonchev–Trinajstić information content (AvgIpc) is 2.99. The smallest absolute Gasteiger partial charge is 0.312 e. The molecule has 5 atom stereocenters. The number of esters is 4. The van der Waals surface area contributed by atoms with Gasteiger partial charge in [-0.15, -0.1) is 0 Å². The van der Waals surface area contributed by atoms with Crippen molar-refractivity contribution in [2.24, 2.45) is 0 Å². The normalized spacial score (nSPS) is 20.7. The van der Waals surface area contributed by atoms with Crippen molar-refractivity contribution < 1.29 is 47.7 Å². The molecule has 0 aromatic heterocycles. The van der Waals surface area contributed by atoms with Crippen molar-refractivity contribution in [2.75, 3.05) is 6.61 Å². The summed E-state index contributed by atoms with van der Waals surface area (Å²) in [5.74, 6) is -3.06. The molecule has 0 spiro atoms. The number of carbonyl (C=O) groups excluding carboxylic acids is 5. The Hall–Kier alpha value is -3.47. The summed E-state index contributed by atoms with van der Waals surface area (Å²) >= 11 is 0. The molecule has 1 N–H and O–H groups in total. The lowest BCUT2D eigenvalue weighted by Gasteiger charge is -2.44. The summed E-state index contributed by atoms with van der Waals surface area (Å²) in [6.45, 7) is 5.38. The van der Waals surface area contributed by atoms with Gasteiger partial charge in [-0.2, -0.15) is 0 Å². The van der Waals surface area contributed by atoms with Crippen LogP contribution in [0.25, 0.3) is 0 Å². The molecule has 1 aromatic carbocycles. The molecule has 258 valence electrons. The second kappa shape index (κ2) is 22.1. The van der Waals surface area contributed by atoms with Gasteiger partial charge >= 0.3 is 23.9 Å². The summed E-state index contributed by atoms with van der Waals surface area (Å²) in [5.41, 5.74) is 0.696. The third kappa shape index (κ3) is 15.7. The zero-order valence-electron chi connectivity index (χ0n) is 28.0. The van der Waals surface area contributed by atoms with Gasteiger partial charge in [0.2, 0.25) is 12.2 Å². The highest BCUT2D eigenvalue weighted by Crippen LogP contribution is 2.28. The van der Waals surface area contributed by atoms with Crippen LogP contribution in [0.5, 0.6) is 0 Å². The summed E-state index contributed by atoms with van der Waals surface area (Å²) in [5, 5.41) is 2.80.